The van der Waals surface area contributed by atoms with Gasteiger partial charge >= 0.3 is 0 Å². The minimum atomic E-state index is -3.55. The minimum Gasteiger partial charge on any atom is -0.336 e. The molecule has 2 atom stereocenters. The normalized spacial score (nSPS) is 25.5. The second-order valence-corrected chi connectivity index (χ2v) is 9.94. The quantitative estimate of drug-likeness (QED) is 0.760. The van der Waals surface area contributed by atoms with Crippen molar-refractivity contribution in [3.05, 3.63) is 29.3 Å². The van der Waals surface area contributed by atoms with Crippen LogP contribution in [0.1, 0.15) is 33.1 Å². The highest BCUT2D eigenvalue weighted by Crippen LogP contribution is 2.24. The summed E-state index contributed by atoms with van der Waals surface area (Å²) in [6.45, 7) is 6.47. The van der Waals surface area contributed by atoms with Gasteiger partial charge in [-0.15, -0.1) is 0 Å². The maximum absolute atomic E-state index is 12.8. The highest BCUT2D eigenvalue weighted by molar-refractivity contribution is 7.89. The second kappa shape index (κ2) is 8.47. The zero-order chi connectivity index (χ0) is 19.6. The van der Waals surface area contributed by atoms with E-state index in [0.29, 0.717) is 37.7 Å². The van der Waals surface area contributed by atoms with Crippen LogP contribution < -0.4 is 0 Å². The molecule has 2 aliphatic heterocycles. The van der Waals surface area contributed by atoms with Gasteiger partial charge in [0.25, 0.3) is 0 Å². The third-order valence-electron chi connectivity index (χ3n) is 5.61. The van der Waals surface area contributed by atoms with Crippen molar-refractivity contribution in [2.75, 3.05) is 32.7 Å². The van der Waals surface area contributed by atoms with Gasteiger partial charge in [-0.2, -0.15) is 4.31 Å². The molecule has 6 nitrogen and oxygen atoms in total. The van der Waals surface area contributed by atoms with E-state index in [4.69, 9.17) is 11.6 Å². The van der Waals surface area contributed by atoms with Crippen LogP contribution in [-0.2, 0) is 14.8 Å². The third kappa shape index (κ3) is 4.65. The third-order valence-corrected chi connectivity index (χ3v) is 7.74. The Kier molecular flexibility index (Phi) is 6.46. The van der Waals surface area contributed by atoms with Gasteiger partial charge in [-0.05, 0) is 51.3 Å². The molecule has 1 amide bonds. The van der Waals surface area contributed by atoms with Gasteiger partial charge in [0.15, 0.2) is 0 Å². The van der Waals surface area contributed by atoms with E-state index in [1.807, 2.05) is 4.90 Å². The summed E-state index contributed by atoms with van der Waals surface area (Å²) >= 11 is 5.93. The fraction of sp³-hybridized carbons (Fsp3) is 0.632. The summed E-state index contributed by atoms with van der Waals surface area (Å²) in [5.74, 6) is 0.154. The molecule has 0 N–H and O–H groups in total. The monoisotopic (exact) mass is 413 g/mol. The molecular formula is C19H28ClN3O3S. The van der Waals surface area contributed by atoms with Crippen molar-refractivity contribution in [3.8, 4) is 0 Å². The molecule has 1 aromatic rings. The Hall–Kier alpha value is -1.15. The van der Waals surface area contributed by atoms with Gasteiger partial charge in [-0.25, -0.2) is 8.42 Å². The number of piperidine rings is 1. The van der Waals surface area contributed by atoms with Gasteiger partial charge in [0.1, 0.15) is 0 Å². The molecule has 2 aliphatic rings. The number of hydrogen-bond donors (Lipinski definition) is 0. The lowest BCUT2D eigenvalue weighted by molar-refractivity contribution is -0.138. The summed E-state index contributed by atoms with van der Waals surface area (Å²) in [7, 11) is -3.55. The molecule has 8 heteroatoms. The standard InChI is InChI=1S/C19H28ClN3O3S/c1-15-5-3-6-16(2)23(15)19(24)14-21-9-11-22(12-10-21)27(25,26)18-8-4-7-17(20)13-18/h4,7-8,13,15-16H,3,5-6,9-12,14H2,1-2H3/t15-,16+. The van der Waals surface area contributed by atoms with E-state index in [-0.39, 0.29) is 22.9 Å². The molecule has 0 radical (unpaired) electrons. The first-order valence-electron chi connectivity index (χ1n) is 9.58. The summed E-state index contributed by atoms with van der Waals surface area (Å²) in [5, 5.41) is 0.407. The minimum absolute atomic E-state index is 0.154. The van der Waals surface area contributed by atoms with Gasteiger partial charge in [0.2, 0.25) is 15.9 Å². The summed E-state index contributed by atoms with van der Waals surface area (Å²) in [4.78, 5) is 17.0. The number of benzene rings is 1. The van der Waals surface area contributed by atoms with Gasteiger partial charge in [-0.1, -0.05) is 17.7 Å². The van der Waals surface area contributed by atoms with Gasteiger partial charge in [-0.3, -0.25) is 9.69 Å². The van der Waals surface area contributed by atoms with E-state index in [9.17, 15) is 13.2 Å². The van der Waals surface area contributed by atoms with Crippen LogP contribution in [0, 0.1) is 0 Å². The highest BCUT2D eigenvalue weighted by atomic mass is 35.5. The molecule has 0 spiro atoms. The van der Waals surface area contributed by atoms with Crippen molar-refractivity contribution < 1.29 is 13.2 Å². The zero-order valence-corrected chi connectivity index (χ0v) is 17.5. The smallest absolute Gasteiger partial charge is 0.243 e. The Morgan fingerprint density at radius 2 is 1.74 bits per heavy atom. The first-order valence-corrected chi connectivity index (χ1v) is 11.4. The highest BCUT2D eigenvalue weighted by Gasteiger charge is 2.32. The Labute approximate surface area is 167 Å². The Balaban J connectivity index is 1.58. The molecule has 0 bridgehead atoms. The molecule has 150 valence electrons. The number of carbonyl (C=O) groups excluding carboxylic acids is 1. The van der Waals surface area contributed by atoms with Crippen LogP contribution in [0.4, 0.5) is 0 Å². The van der Waals surface area contributed by atoms with Gasteiger partial charge in [0.05, 0.1) is 11.4 Å². The summed E-state index contributed by atoms with van der Waals surface area (Å²) in [6.07, 6.45) is 3.29. The number of hydrogen-bond acceptors (Lipinski definition) is 4. The lowest BCUT2D eigenvalue weighted by atomic mass is 9.97. The Morgan fingerprint density at radius 1 is 1.11 bits per heavy atom. The average molecular weight is 414 g/mol. The van der Waals surface area contributed by atoms with Crippen molar-refractivity contribution >= 4 is 27.5 Å². The lowest BCUT2D eigenvalue weighted by Crippen LogP contribution is -2.54. The van der Waals surface area contributed by atoms with Crippen molar-refractivity contribution in [2.24, 2.45) is 0 Å². The number of sulfonamides is 1. The van der Waals surface area contributed by atoms with Crippen LogP contribution >= 0.6 is 11.6 Å². The first-order chi connectivity index (χ1) is 12.8. The van der Waals surface area contributed by atoms with E-state index in [2.05, 4.69) is 18.7 Å². The second-order valence-electron chi connectivity index (χ2n) is 7.57. The van der Waals surface area contributed by atoms with Crippen molar-refractivity contribution in [1.82, 2.24) is 14.1 Å². The summed E-state index contributed by atoms with van der Waals surface area (Å²) in [5.41, 5.74) is 0. The largest absolute Gasteiger partial charge is 0.336 e. The number of amides is 1. The van der Waals surface area contributed by atoms with Crippen LogP contribution in [0.25, 0.3) is 0 Å². The molecule has 3 rings (SSSR count). The Morgan fingerprint density at radius 3 is 2.33 bits per heavy atom. The zero-order valence-electron chi connectivity index (χ0n) is 16.0. The molecule has 0 saturated carbocycles. The van der Waals surface area contributed by atoms with E-state index >= 15 is 0 Å². The molecule has 0 aliphatic carbocycles. The van der Waals surface area contributed by atoms with Gasteiger partial charge in [0, 0.05) is 43.3 Å². The van der Waals surface area contributed by atoms with Gasteiger partial charge < -0.3 is 4.90 Å². The summed E-state index contributed by atoms with van der Waals surface area (Å²) < 4.78 is 27.0. The fourth-order valence-electron chi connectivity index (χ4n) is 4.09. The molecule has 2 heterocycles. The molecule has 2 fully saturated rings. The van der Waals surface area contributed by atoms with Crippen molar-refractivity contribution in [3.63, 3.8) is 0 Å². The number of halogens is 1. The maximum atomic E-state index is 12.8. The topological polar surface area (TPSA) is 60.9 Å². The van der Waals surface area contributed by atoms with E-state index in [0.717, 1.165) is 12.8 Å². The van der Waals surface area contributed by atoms with E-state index in [1.54, 1.807) is 18.2 Å². The van der Waals surface area contributed by atoms with Crippen LogP contribution in [0.2, 0.25) is 5.02 Å². The fourth-order valence-corrected chi connectivity index (χ4v) is 5.81. The number of rotatable bonds is 4. The molecular weight excluding hydrogens is 386 g/mol. The molecule has 0 aromatic heterocycles. The summed E-state index contributed by atoms with van der Waals surface area (Å²) in [6, 6.07) is 6.91. The number of nitrogens with zero attached hydrogens (tertiary/aromatic N) is 3. The van der Waals surface area contributed by atoms with Crippen molar-refractivity contribution in [1.29, 1.82) is 0 Å². The predicted molar refractivity (Wildman–Crippen MR) is 106 cm³/mol. The van der Waals surface area contributed by atoms with Crippen LogP contribution in [0.15, 0.2) is 29.2 Å². The SMILES string of the molecule is C[C@@H]1CCC[C@H](C)N1C(=O)CN1CCN(S(=O)(=O)c2cccc(Cl)c2)CC1. The predicted octanol–water partition coefficient (Wildman–Crippen LogP) is 2.44. The first kappa shape index (κ1) is 20.6. The molecule has 27 heavy (non-hydrogen) atoms. The van der Waals surface area contributed by atoms with Crippen LogP contribution in [0.5, 0.6) is 0 Å². The molecule has 2 saturated heterocycles. The number of piperazine rings is 1. The van der Waals surface area contributed by atoms with Crippen molar-refractivity contribution in [2.45, 2.75) is 50.1 Å². The van der Waals surface area contributed by atoms with Crippen LogP contribution in [0.3, 0.4) is 0 Å². The molecule has 1 aromatic carbocycles. The molecule has 0 unspecified atom stereocenters. The van der Waals surface area contributed by atoms with Crippen LogP contribution in [-0.4, -0.2) is 73.2 Å². The number of likely N-dealkylation sites (tertiary alicyclic amines) is 1. The Bertz CT molecular complexity index is 768. The van der Waals surface area contributed by atoms with E-state index < -0.39 is 10.0 Å². The maximum Gasteiger partial charge on any atom is 0.243 e. The van der Waals surface area contributed by atoms with E-state index in [1.165, 1.54) is 16.8 Å². The number of carbonyl (C=O) groups is 1. The lowest BCUT2D eigenvalue weighted by Gasteiger charge is -2.41. The average Bonchev–Trinajstić information content (AvgIpc) is 2.62.